The van der Waals surface area contributed by atoms with E-state index in [4.69, 9.17) is 0 Å². The van der Waals surface area contributed by atoms with E-state index < -0.39 is 5.91 Å². The molecule has 0 radical (unpaired) electrons. The fourth-order valence-corrected chi connectivity index (χ4v) is 3.61. The van der Waals surface area contributed by atoms with Gasteiger partial charge in [-0.05, 0) is 47.0 Å². The van der Waals surface area contributed by atoms with Gasteiger partial charge in [-0.15, -0.1) is 0 Å². The summed E-state index contributed by atoms with van der Waals surface area (Å²) in [6.45, 7) is 0.471. The third-order valence-electron chi connectivity index (χ3n) is 5.55. The van der Waals surface area contributed by atoms with Crippen LogP contribution in [-0.4, -0.2) is 17.7 Å². The van der Waals surface area contributed by atoms with Crippen LogP contribution in [0.15, 0.2) is 121 Å². The summed E-state index contributed by atoms with van der Waals surface area (Å²) in [5.74, 6) is -0.923. The Morgan fingerprint density at radius 1 is 0.649 bits per heavy atom. The molecule has 3 N–H and O–H groups in total. The molecule has 0 aromatic heterocycles. The molecule has 184 valence electrons. The maximum atomic E-state index is 13.1. The highest BCUT2D eigenvalue weighted by atomic mass is 16.2. The van der Waals surface area contributed by atoms with E-state index in [2.05, 4.69) is 16.0 Å². The Balaban J connectivity index is 1.40. The highest BCUT2D eigenvalue weighted by Crippen LogP contribution is 2.13. The van der Waals surface area contributed by atoms with Gasteiger partial charge in [0.05, 0.1) is 6.42 Å². The predicted molar refractivity (Wildman–Crippen MR) is 145 cm³/mol. The van der Waals surface area contributed by atoms with E-state index in [0.717, 1.165) is 16.7 Å². The molecule has 0 saturated heterocycles. The molecular weight excluding hydrogens is 462 g/mol. The van der Waals surface area contributed by atoms with Crippen LogP contribution in [0.1, 0.15) is 27.0 Å². The summed E-state index contributed by atoms with van der Waals surface area (Å²) in [5, 5.41) is 8.46. The zero-order valence-corrected chi connectivity index (χ0v) is 20.2. The quantitative estimate of drug-likeness (QED) is 0.291. The fraction of sp³-hybridized carbons (Fsp3) is 0.0645. The molecule has 0 fully saturated rings. The molecule has 4 rings (SSSR count). The predicted octanol–water partition coefficient (Wildman–Crippen LogP) is 4.96. The second-order valence-electron chi connectivity index (χ2n) is 8.38. The Morgan fingerprint density at radius 3 is 1.89 bits per heavy atom. The van der Waals surface area contributed by atoms with Crippen LogP contribution in [0.4, 0.5) is 5.69 Å². The SMILES string of the molecule is O=C(Cc1ccc(NC(=O)C(=Cc2ccccc2)NC(=O)c2ccccc2)cc1)NCc1ccccc1. The number of hydrogen-bond acceptors (Lipinski definition) is 3. The Hall–Kier alpha value is -4.97. The Morgan fingerprint density at radius 2 is 1.24 bits per heavy atom. The van der Waals surface area contributed by atoms with Crippen molar-refractivity contribution in [1.82, 2.24) is 10.6 Å². The van der Waals surface area contributed by atoms with E-state index >= 15 is 0 Å². The van der Waals surface area contributed by atoms with Crippen LogP contribution in [-0.2, 0) is 22.6 Å². The van der Waals surface area contributed by atoms with Crippen molar-refractivity contribution in [3.05, 3.63) is 143 Å². The largest absolute Gasteiger partial charge is 0.352 e. The molecular formula is C31H27N3O3. The van der Waals surface area contributed by atoms with E-state index in [-0.39, 0.29) is 23.9 Å². The maximum Gasteiger partial charge on any atom is 0.272 e. The van der Waals surface area contributed by atoms with Crippen molar-refractivity contribution in [3.63, 3.8) is 0 Å². The summed E-state index contributed by atoms with van der Waals surface area (Å²) in [5.41, 5.74) is 3.74. The minimum Gasteiger partial charge on any atom is -0.352 e. The lowest BCUT2D eigenvalue weighted by molar-refractivity contribution is -0.120. The smallest absolute Gasteiger partial charge is 0.272 e. The van der Waals surface area contributed by atoms with Crippen molar-refractivity contribution in [2.75, 3.05) is 5.32 Å². The Kier molecular flexibility index (Phi) is 8.59. The lowest BCUT2D eigenvalue weighted by atomic mass is 10.1. The molecule has 0 aliphatic carbocycles. The van der Waals surface area contributed by atoms with E-state index in [1.165, 1.54) is 0 Å². The van der Waals surface area contributed by atoms with Crippen molar-refractivity contribution < 1.29 is 14.4 Å². The number of amides is 3. The summed E-state index contributed by atoms with van der Waals surface area (Å²) in [7, 11) is 0. The van der Waals surface area contributed by atoms with Crippen molar-refractivity contribution >= 4 is 29.5 Å². The van der Waals surface area contributed by atoms with Crippen LogP contribution in [0, 0.1) is 0 Å². The Bertz CT molecular complexity index is 1370. The molecule has 0 unspecified atom stereocenters. The second-order valence-corrected chi connectivity index (χ2v) is 8.38. The summed E-state index contributed by atoms with van der Waals surface area (Å²) < 4.78 is 0. The first kappa shape index (κ1) is 25.1. The third-order valence-corrected chi connectivity index (χ3v) is 5.55. The molecule has 4 aromatic carbocycles. The van der Waals surface area contributed by atoms with Crippen LogP contribution in [0.5, 0.6) is 0 Å². The topological polar surface area (TPSA) is 87.3 Å². The highest BCUT2D eigenvalue weighted by molar-refractivity contribution is 6.10. The van der Waals surface area contributed by atoms with Crippen molar-refractivity contribution in [2.24, 2.45) is 0 Å². The average Bonchev–Trinajstić information content (AvgIpc) is 2.94. The van der Waals surface area contributed by atoms with Crippen molar-refractivity contribution in [2.45, 2.75) is 13.0 Å². The van der Waals surface area contributed by atoms with Crippen LogP contribution >= 0.6 is 0 Å². The van der Waals surface area contributed by atoms with Crippen molar-refractivity contribution in [3.8, 4) is 0 Å². The number of anilines is 1. The van der Waals surface area contributed by atoms with Gasteiger partial charge in [-0.25, -0.2) is 0 Å². The van der Waals surface area contributed by atoms with Gasteiger partial charge in [0.1, 0.15) is 5.70 Å². The third kappa shape index (κ3) is 7.77. The van der Waals surface area contributed by atoms with E-state index in [9.17, 15) is 14.4 Å². The van der Waals surface area contributed by atoms with Crippen molar-refractivity contribution in [1.29, 1.82) is 0 Å². The molecule has 6 heteroatoms. The Labute approximate surface area is 216 Å². The molecule has 0 aliphatic rings. The molecule has 3 amide bonds. The lowest BCUT2D eigenvalue weighted by Gasteiger charge is -2.12. The van der Waals surface area contributed by atoms with Gasteiger partial charge in [0.25, 0.3) is 11.8 Å². The molecule has 0 bridgehead atoms. The second kappa shape index (κ2) is 12.7. The molecule has 0 spiro atoms. The summed E-state index contributed by atoms with van der Waals surface area (Å²) in [4.78, 5) is 38.1. The number of carbonyl (C=O) groups is 3. The number of nitrogens with one attached hydrogen (secondary N) is 3. The van der Waals surface area contributed by atoms with Gasteiger partial charge in [0.15, 0.2) is 0 Å². The van der Waals surface area contributed by atoms with Gasteiger partial charge in [0, 0.05) is 17.8 Å². The van der Waals surface area contributed by atoms with Gasteiger partial charge in [0.2, 0.25) is 5.91 Å². The van der Waals surface area contributed by atoms with Gasteiger partial charge in [-0.1, -0.05) is 91.0 Å². The summed E-state index contributed by atoms with van der Waals surface area (Å²) in [6, 6.07) is 34.8. The molecule has 0 saturated carbocycles. The zero-order valence-electron chi connectivity index (χ0n) is 20.2. The van der Waals surface area contributed by atoms with Gasteiger partial charge >= 0.3 is 0 Å². The maximum absolute atomic E-state index is 13.1. The first-order chi connectivity index (χ1) is 18.1. The molecule has 0 heterocycles. The van der Waals surface area contributed by atoms with Gasteiger partial charge < -0.3 is 16.0 Å². The van der Waals surface area contributed by atoms with E-state index in [1.54, 1.807) is 54.6 Å². The number of hydrogen-bond donors (Lipinski definition) is 3. The highest BCUT2D eigenvalue weighted by Gasteiger charge is 2.15. The first-order valence-electron chi connectivity index (χ1n) is 11.9. The van der Waals surface area contributed by atoms with E-state index in [0.29, 0.717) is 17.8 Å². The molecule has 0 atom stereocenters. The van der Waals surface area contributed by atoms with Gasteiger partial charge in [-0.3, -0.25) is 14.4 Å². The lowest BCUT2D eigenvalue weighted by Crippen LogP contribution is -2.30. The van der Waals surface area contributed by atoms with Gasteiger partial charge in [-0.2, -0.15) is 0 Å². The monoisotopic (exact) mass is 489 g/mol. The molecule has 0 aliphatic heterocycles. The standard InChI is InChI=1S/C31H27N3O3/c35-29(32-22-25-12-6-2-7-13-25)21-24-16-18-27(19-17-24)33-31(37)28(20-23-10-4-1-5-11-23)34-30(36)26-14-8-3-9-15-26/h1-20H,21-22H2,(H,32,35)(H,33,37)(H,34,36). The molecule has 6 nitrogen and oxygen atoms in total. The first-order valence-corrected chi connectivity index (χ1v) is 11.9. The fourth-order valence-electron chi connectivity index (χ4n) is 3.61. The number of benzene rings is 4. The summed E-state index contributed by atoms with van der Waals surface area (Å²) in [6.07, 6.45) is 1.86. The van der Waals surface area contributed by atoms with Crippen LogP contribution < -0.4 is 16.0 Å². The van der Waals surface area contributed by atoms with Crippen LogP contribution in [0.25, 0.3) is 6.08 Å². The molecule has 4 aromatic rings. The van der Waals surface area contributed by atoms with Crippen LogP contribution in [0.2, 0.25) is 0 Å². The zero-order chi connectivity index (χ0) is 25.9. The minimum absolute atomic E-state index is 0.0858. The van der Waals surface area contributed by atoms with Crippen LogP contribution in [0.3, 0.4) is 0 Å². The molecule has 37 heavy (non-hydrogen) atoms. The normalized spacial score (nSPS) is 10.9. The number of carbonyl (C=O) groups excluding carboxylic acids is 3. The minimum atomic E-state index is -0.457. The number of rotatable bonds is 9. The summed E-state index contributed by atoms with van der Waals surface area (Å²) >= 11 is 0. The average molecular weight is 490 g/mol. The van der Waals surface area contributed by atoms with E-state index in [1.807, 2.05) is 66.7 Å².